The molecule has 1 aromatic heterocycles. The van der Waals surface area contributed by atoms with Crippen LogP contribution in [0.2, 0.25) is 0 Å². The number of amides is 1. The Morgan fingerprint density at radius 3 is 2.27 bits per heavy atom. The predicted molar refractivity (Wildman–Crippen MR) is 103 cm³/mol. The first kappa shape index (κ1) is 16.8. The zero-order valence-electron chi connectivity index (χ0n) is 15.3. The first-order valence-corrected chi connectivity index (χ1v) is 9.40. The van der Waals surface area contributed by atoms with Crippen LogP contribution in [0.4, 0.5) is 11.8 Å². The van der Waals surface area contributed by atoms with Gasteiger partial charge >= 0.3 is 0 Å². The number of benzene rings is 1. The molecule has 0 spiro atoms. The van der Waals surface area contributed by atoms with Crippen molar-refractivity contribution in [2.45, 2.75) is 19.8 Å². The van der Waals surface area contributed by atoms with Crippen LogP contribution in [0.25, 0.3) is 0 Å². The lowest BCUT2D eigenvalue weighted by Crippen LogP contribution is -2.49. The molecule has 26 heavy (non-hydrogen) atoms. The minimum Gasteiger partial charge on any atom is -0.356 e. The van der Waals surface area contributed by atoms with E-state index in [1.165, 1.54) is 12.8 Å². The smallest absolute Gasteiger partial charge is 0.253 e. The van der Waals surface area contributed by atoms with Gasteiger partial charge in [0.25, 0.3) is 5.91 Å². The van der Waals surface area contributed by atoms with Gasteiger partial charge in [-0.05, 0) is 31.9 Å². The van der Waals surface area contributed by atoms with Crippen molar-refractivity contribution in [3.63, 3.8) is 0 Å². The molecule has 1 amide bonds. The molecule has 0 atom stereocenters. The first-order chi connectivity index (χ1) is 12.7. The average molecular weight is 351 g/mol. The van der Waals surface area contributed by atoms with Crippen molar-refractivity contribution in [2.24, 2.45) is 0 Å². The van der Waals surface area contributed by atoms with Crippen LogP contribution in [0.5, 0.6) is 0 Å². The lowest BCUT2D eigenvalue weighted by Gasteiger charge is -2.35. The molecule has 4 rings (SSSR count). The monoisotopic (exact) mass is 351 g/mol. The van der Waals surface area contributed by atoms with E-state index >= 15 is 0 Å². The maximum Gasteiger partial charge on any atom is 0.253 e. The summed E-state index contributed by atoms with van der Waals surface area (Å²) in [6.45, 7) is 7.11. The highest BCUT2D eigenvalue weighted by molar-refractivity contribution is 5.94. The van der Waals surface area contributed by atoms with E-state index in [1.807, 2.05) is 42.2 Å². The molecule has 6 nitrogen and oxygen atoms in total. The molecule has 2 saturated heterocycles. The van der Waals surface area contributed by atoms with Gasteiger partial charge in [-0.25, -0.2) is 4.98 Å². The second-order valence-corrected chi connectivity index (χ2v) is 7.01. The number of anilines is 2. The molecule has 2 fully saturated rings. The number of carbonyl (C=O) groups is 1. The third-order valence-electron chi connectivity index (χ3n) is 5.13. The van der Waals surface area contributed by atoms with Crippen LogP contribution in [0.1, 0.15) is 28.9 Å². The van der Waals surface area contributed by atoms with Gasteiger partial charge < -0.3 is 14.7 Å². The Morgan fingerprint density at radius 1 is 0.885 bits per heavy atom. The van der Waals surface area contributed by atoms with Gasteiger partial charge in [-0.2, -0.15) is 4.98 Å². The molecule has 136 valence electrons. The van der Waals surface area contributed by atoms with Gasteiger partial charge in [0.2, 0.25) is 5.95 Å². The Bertz CT molecular complexity index is 765. The van der Waals surface area contributed by atoms with Crippen molar-refractivity contribution < 1.29 is 4.79 Å². The van der Waals surface area contributed by atoms with E-state index in [2.05, 4.69) is 20.9 Å². The topological polar surface area (TPSA) is 52.6 Å². The largest absolute Gasteiger partial charge is 0.356 e. The number of hydrogen-bond donors (Lipinski definition) is 0. The fraction of sp³-hybridized carbons (Fsp3) is 0.450. The Hall–Kier alpha value is -2.63. The summed E-state index contributed by atoms with van der Waals surface area (Å²) < 4.78 is 0. The molecule has 2 aliphatic heterocycles. The molecule has 3 heterocycles. The van der Waals surface area contributed by atoms with Crippen LogP contribution >= 0.6 is 0 Å². The zero-order chi connectivity index (χ0) is 17.9. The molecule has 6 heteroatoms. The van der Waals surface area contributed by atoms with Crippen LogP contribution in [0, 0.1) is 6.92 Å². The van der Waals surface area contributed by atoms with Gasteiger partial charge in [-0.3, -0.25) is 4.79 Å². The Balaban J connectivity index is 1.44. The summed E-state index contributed by atoms with van der Waals surface area (Å²) in [6, 6.07) is 11.6. The number of hydrogen-bond acceptors (Lipinski definition) is 5. The minimum absolute atomic E-state index is 0.105. The van der Waals surface area contributed by atoms with E-state index in [-0.39, 0.29) is 5.91 Å². The van der Waals surface area contributed by atoms with Gasteiger partial charge in [-0.1, -0.05) is 18.2 Å². The average Bonchev–Trinajstić information content (AvgIpc) is 3.23. The van der Waals surface area contributed by atoms with Crippen molar-refractivity contribution in [3.05, 3.63) is 47.7 Å². The summed E-state index contributed by atoms with van der Waals surface area (Å²) in [5, 5.41) is 0. The molecule has 0 bridgehead atoms. The fourth-order valence-corrected chi connectivity index (χ4v) is 3.66. The standard InChI is InChI=1S/C20H25N5O/c1-16-15-18(23-9-5-6-10-23)22-20(21-16)25-13-11-24(12-14-25)19(26)17-7-3-2-4-8-17/h2-4,7-8,15H,5-6,9-14H2,1H3. The second-order valence-electron chi connectivity index (χ2n) is 7.01. The number of carbonyl (C=O) groups excluding carboxylic acids is 1. The second kappa shape index (κ2) is 7.32. The lowest BCUT2D eigenvalue weighted by molar-refractivity contribution is 0.0746. The van der Waals surface area contributed by atoms with Gasteiger partial charge in [0, 0.05) is 56.6 Å². The number of rotatable bonds is 3. The van der Waals surface area contributed by atoms with Crippen LogP contribution in [0.15, 0.2) is 36.4 Å². The van der Waals surface area contributed by atoms with Gasteiger partial charge in [0.1, 0.15) is 5.82 Å². The highest BCUT2D eigenvalue weighted by Crippen LogP contribution is 2.22. The van der Waals surface area contributed by atoms with E-state index in [9.17, 15) is 4.79 Å². The van der Waals surface area contributed by atoms with Crippen molar-refractivity contribution in [3.8, 4) is 0 Å². The molecule has 2 aromatic rings. The van der Waals surface area contributed by atoms with Crippen LogP contribution in [0.3, 0.4) is 0 Å². The van der Waals surface area contributed by atoms with E-state index < -0.39 is 0 Å². The molecule has 0 unspecified atom stereocenters. The quantitative estimate of drug-likeness (QED) is 0.850. The molecular formula is C20H25N5O. The fourth-order valence-electron chi connectivity index (χ4n) is 3.66. The summed E-state index contributed by atoms with van der Waals surface area (Å²) in [5.74, 6) is 1.93. The van der Waals surface area contributed by atoms with E-state index in [0.29, 0.717) is 13.1 Å². The highest BCUT2D eigenvalue weighted by Gasteiger charge is 2.24. The molecule has 0 saturated carbocycles. The Labute approximate surface area is 154 Å². The molecule has 0 aliphatic carbocycles. The van der Waals surface area contributed by atoms with E-state index in [0.717, 1.165) is 49.2 Å². The normalized spacial score (nSPS) is 17.7. The minimum atomic E-state index is 0.105. The van der Waals surface area contributed by atoms with Crippen LogP contribution in [-0.2, 0) is 0 Å². The summed E-state index contributed by atoms with van der Waals surface area (Å²) in [4.78, 5) is 28.5. The summed E-state index contributed by atoms with van der Waals surface area (Å²) in [6.07, 6.45) is 2.47. The summed E-state index contributed by atoms with van der Waals surface area (Å²) in [5.41, 5.74) is 1.75. The summed E-state index contributed by atoms with van der Waals surface area (Å²) >= 11 is 0. The maximum absolute atomic E-state index is 12.6. The third-order valence-corrected chi connectivity index (χ3v) is 5.13. The van der Waals surface area contributed by atoms with E-state index in [4.69, 9.17) is 4.98 Å². The van der Waals surface area contributed by atoms with Crippen molar-refractivity contribution in [1.29, 1.82) is 0 Å². The molecule has 0 N–H and O–H groups in total. The van der Waals surface area contributed by atoms with Crippen LogP contribution < -0.4 is 9.80 Å². The number of aryl methyl sites for hydroxylation is 1. The molecular weight excluding hydrogens is 326 g/mol. The van der Waals surface area contributed by atoms with Crippen molar-refractivity contribution in [1.82, 2.24) is 14.9 Å². The maximum atomic E-state index is 12.6. The highest BCUT2D eigenvalue weighted by atomic mass is 16.2. The van der Waals surface area contributed by atoms with Gasteiger partial charge in [0.15, 0.2) is 0 Å². The number of piperazine rings is 1. The lowest BCUT2D eigenvalue weighted by atomic mass is 10.2. The van der Waals surface area contributed by atoms with E-state index in [1.54, 1.807) is 0 Å². The van der Waals surface area contributed by atoms with Crippen molar-refractivity contribution in [2.75, 3.05) is 49.1 Å². The first-order valence-electron chi connectivity index (χ1n) is 9.40. The number of aromatic nitrogens is 2. The Kier molecular flexibility index (Phi) is 4.73. The molecule has 0 radical (unpaired) electrons. The molecule has 1 aromatic carbocycles. The number of nitrogens with zero attached hydrogens (tertiary/aromatic N) is 5. The Morgan fingerprint density at radius 2 is 1.58 bits per heavy atom. The van der Waals surface area contributed by atoms with Gasteiger partial charge in [-0.15, -0.1) is 0 Å². The van der Waals surface area contributed by atoms with Crippen molar-refractivity contribution >= 4 is 17.7 Å². The zero-order valence-corrected chi connectivity index (χ0v) is 15.3. The molecule has 2 aliphatic rings. The third kappa shape index (κ3) is 3.49. The predicted octanol–water partition coefficient (Wildman–Crippen LogP) is 2.35. The van der Waals surface area contributed by atoms with Crippen LogP contribution in [-0.4, -0.2) is 60.0 Å². The summed E-state index contributed by atoms with van der Waals surface area (Å²) in [7, 11) is 0. The van der Waals surface area contributed by atoms with Gasteiger partial charge in [0.05, 0.1) is 0 Å². The SMILES string of the molecule is Cc1cc(N2CCCC2)nc(N2CCN(C(=O)c3ccccc3)CC2)n1.